The number of carbonyl (C=O) groups excluding carboxylic acids is 1. The molecular weight excluding hydrogens is 178 g/mol. The van der Waals surface area contributed by atoms with E-state index in [9.17, 15) is 13.6 Å². The van der Waals surface area contributed by atoms with Crippen molar-refractivity contribution >= 4 is 11.9 Å². The molecule has 0 bridgehead atoms. The fourth-order valence-electron chi connectivity index (χ4n) is 0.894. The van der Waals surface area contributed by atoms with E-state index in [0.29, 0.717) is 18.6 Å². The van der Waals surface area contributed by atoms with Crippen LogP contribution in [0.15, 0.2) is 24.5 Å². The molecular formula is C9H6F2O2. The van der Waals surface area contributed by atoms with Crippen LogP contribution in [-0.2, 0) is 4.79 Å². The topological polar surface area (TPSA) is 37.3 Å². The van der Waals surface area contributed by atoms with Gasteiger partial charge in [0, 0.05) is 6.07 Å². The molecule has 2 nitrogen and oxygen atoms in total. The fourth-order valence-corrected chi connectivity index (χ4v) is 0.894. The maximum absolute atomic E-state index is 12.6. The molecule has 4 heteroatoms. The number of hydrogen-bond acceptors (Lipinski definition) is 2. The summed E-state index contributed by atoms with van der Waals surface area (Å²) in [7, 11) is 0. The quantitative estimate of drug-likeness (QED) is 0.434. The third-order valence-electron chi connectivity index (χ3n) is 1.46. The van der Waals surface area contributed by atoms with E-state index in [1.54, 1.807) is 0 Å². The molecule has 1 N–H and O–H groups in total. The molecule has 0 spiro atoms. The highest BCUT2D eigenvalue weighted by atomic mass is 19.1. The molecule has 0 heterocycles. The van der Waals surface area contributed by atoms with E-state index in [1.807, 2.05) is 0 Å². The SMILES string of the molecule is O=CC(=CO)c1cc(F)cc(F)c1. The van der Waals surface area contributed by atoms with Gasteiger partial charge in [0.05, 0.1) is 11.8 Å². The minimum absolute atomic E-state index is 0.00926. The van der Waals surface area contributed by atoms with Crippen molar-refractivity contribution in [3.05, 3.63) is 41.7 Å². The van der Waals surface area contributed by atoms with Gasteiger partial charge in [-0.15, -0.1) is 0 Å². The van der Waals surface area contributed by atoms with Crippen LogP contribution in [-0.4, -0.2) is 11.4 Å². The second kappa shape index (κ2) is 3.80. The van der Waals surface area contributed by atoms with Crippen molar-refractivity contribution in [2.75, 3.05) is 0 Å². The monoisotopic (exact) mass is 184 g/mol. The zero-order valence-electron chi connectivity index (χ0n) is 6.50. The Morgan fingerprint density at radius 1 is 1.23 bits per heavy atom. The van der Waals surface area contributed by atoms with Crippen molar-refractivity contribution < 1.29 is 18.7 Å². The summed E-state index contributed by atoms with van der Waals surface area (Å²) in [5.74, 6) is -1.59. The van der Waals surface area contributed by atoms with Gasteiger partial charge in [0.15, 0.2) is 6.29 Å². The molecule has 1 aromatic rings. The highest BCUT2D eigenvalue weighted by molar-refractivity contribution is 6.06. The molecule has 0 amide bonds. The molecule has 0 saturated heterocycles. The van der Waals surface area contributed by atoms with Crippen molar-refractivity contribution in [2.45, 2.75) is 0 Å². The van der Waals surface area contributed by atoms with E-state index in [1.165, 1.54) is 0 Å². The summed E-state index contributed by atoms with van der Waals surface area (Å²) in [5, 5.41) is 8.52. The lowest BCUT2D eigenvalue weighted by Crippen LogP contribution is -1.89. The first-order valence-corrected chi connectivity index (χ1v) is 3.43. The number of halogens is 2. The van der Waals surface area contributed by atoms with Crippen LogP contribution >= 0.6 is 0 Å². The molecule has 1 rings (SSSR count). The molecule has 0 radical (unpaired) electrons. The van der Waals surface area contributed by atoms with Crippen LogP contribution < -0.4 is 0 Å². The molecule has 0 saturated carbocycles. The van der Waals surface area contributed by atoms with Crippen LogP contribution in [0.5, 0.6) is 0 Å². The number of aliphatic hydroxyl groups is 1. The van der Waals surface area contributed by atoms with Crippen LogP contribution in [0.1, 0.15) is 5.56 Å². The third kappa shape index (κ3) is 2.11. The van der Waals surface area contributed by atoms with Gasteiger partial charge in [-0.1, -0.05) is 0 Å². The van der Waals surface area contributed by atoms with Crippen LogP contribution in [0, 0.1) is 11.6 Å². The van der Waals surface area contributed by atoms with Gasteiger partial charge in [-0.2, -0.15) is 0 Å². The number of aldehydes is 1. The van der Waals surface area contributed by atoms with Crippen molar-refractivity contribution in [3.63, 3.8) is 0 Å². The molecule has 0 aliphatic carbocycles. The second-order valence-electron chi connectivity index (χ2n) is 2.36. The molecule has 1 aromatic carbocycles. The third-order valence-corrected chi connectivity index (χ3v) is 1.46. The Bertz CT molecular complexity index is 338. The Morgan fingerprint density at radius 3 is 2.15 bits per heavy atom. The Balaban J connectivity index is 3.21. The van der Waals surface area contributed by atoms with Gasteiger partial charge >= 0.3 is 0 Å². The van der Waals surface area contributed by atoms with Gasteiger partial charge < -0.3 is 5.11 Å². The lowest BCUT2D eigenvalue weighted by Gasteiger charge is -1.98. The highest BCUT2D eigenvalue weighted by Crippen LogP contribution is 2.14. The van der Waals surface area contributed by atoms with Gasteiger partial charge in [-0.25, -0.2) is 8.78 Å². The Hall–Kier alpha value is -1.71. The van der Waals surface area contributed by atoms with E-state index >= 15 is 0 Å². The largest absolute Gasteiger partial charge is 0.515 e. The van der Waals surface area contributed by atoms with E-state index in [4.69, 9.17) is 5.11 Å². The Kier molecular flexibility index (Phi) is 2.74. The minimum Gasteiger partial charge on any atom is -0.515 e. The zero-order chi connectivity index (χ0) is 9.84. The number of benzene rings is 1. The zero-order valence-corrected chi connectivity index (χ0v) is 6.50. The molecule has 0 unspecified atom stereocenters. The maximum Gasteiger partial charge on any atom is 0.153 e. The lowest BCUT2D eigenvalue weighted by molar-refractivity contribution is -0.103. The van der Waals surface area contributed by atoms with Crippen LogP contribution in [0.3, 0.4) is 0 Å². The summed E-state index contributed by atoms with van der Waals surface area (Å²) in [6.07, 6.45) is 0.815. The van der Waals surface area contributed by atoms with Crippen LogP contribution in [0.2, 0.25) is 0 Å². The average Bonchev–Trinajstić information content (AvgIpc) is 2.04. The van der Waals surface area contributed by atoms with Gasteiger partial charge in [0.1, 0.15) is 11.6 Å². The van der Waals surface area contributed by atoms with E-state index < -0.39 is 11.6 Å². The van der Waals surface area contributed by atoms with Crippen LogP contribution in [0.4, 0.5) is 8.78 Å². The number of carbonyl (C=O) groups is 1. The second-order valence-corrected chi connectivity index (χ2v) is 2.36. The summed E-state index contributed by atoms with van der Waals surface area (Å²) in [5.41, 5.74) is -0.159. The first kappa shape index (κ1) is 9.38. The molecule has 68 valence electrons. The molecule has 0 fully saturated rings. The summed E-state index contributed by atoms with van der Waals surface area (Å²) >= 11 is 0. The summed E-state index contributed by atoms with van der Waals surface area (Å²) < 4.78 is 25.2. The van der Waals surface area contributed by atoms with Crippen molar-refractivity contribution in [1.82, 2.24) is 0 Å². The van der Waals surface area contributed by atoms with Crippen molar-refractivity contribution in [1.29, 1.82) is 0 Å². The summed E-state index contributed by atoms with van der Waals surface area (Å²) in [6.45, 7) is 0. The molecule has 0 atom stereocenters. The average molecular weight is 184 g/mol. The first-order chi connectivity index (χ1) is 6.17. The molecule has 0 aliphatic rings. The van der Waals surface area contributed by atoms with Gasteiger partial charge in [0.2, 0.25) is 0 Å². The highest BCUT2D eigenvalue weighted by Gasteiger charge is 2.04. The molecule has 0 aliphatic heterocycles. The van der Waals surface area contributed by atoms with E-state index in [-0.39, 0.29) is 11.1 Å². The van der Waals surface area contributed by atoms with Crippen molar-refractivity contribution in [3.8, 4) is 0 Å². The van der Waals surface area contributed by atoms with E-state index in [2.05, 4.69) is 0 Å². The summed E-state index contributed by atoms with van der Waals surface area (Å²) in [6, 6.07) is 2.60. The molecule has 0 aromatic heterocycles. The van der Waals surface area contributed by atoms with Gasteiger partial charge in [-0.3, -0.25) is 4.79 Å². The van der Waals surface area contributed by atoms with E-state index in [0.717, 1.165) is 12.1 Å². The normalized spacial score (nSPS) is 11.4. The number of aliphatic hydroxyl groups excluding tert-OH is 1. The predicted octanol–water partition coefficient (Wildman–Crippen LogP) is 2.06. The number of hydrogen-bond donors (Lipinski definition) is 1. The standard InChI is InChI=1S/C9H6F2O2/c10-8-1-6(2-9(11)3-8)7(4-12)5-13/h1-5,12H. The van der Waals surface area contributed by atoms with Crippen LogP contribution in [0.25, 0.3) is 5.57 Å². The van der Waals surface area contributed by atoms with Gasteiger partial charge in [0.25, 0.3) is 0 Å². The van der Waals surface area contributed by atoms with Crippen molar-refractivity contribution in [2.24, 2.45) is 0 Å². The maximum atomic E-state index is 12.6. The number of rotatable bonds is 2. The lowest BCUT2D eigenvalue weighted by atomic mass is 10.1. The fraction of sp³-hybridized carbons (Fsp3) is 0. The number of allylic oxidation sites excluding steroid dienone is 1. The Labute approximate surface area is 73.1 Å². The van der Waals surface area contributed by atoms with Gasteiger partial charge in [-0.05, 0) is 17.7 Å². The minimum atomic E-state index is -0.795. The predicted molar refractivity (Wildman–Crippen MR) is 43.0 cm³/mol. The Morgan fingerprint density at radius 2 is 1.77 bits per heavy atom. The molecule has 13 heavy (non-hydrogen) atoms. The summed E-state index contributed by atoms with van der Waals surface area (Å²) in [4.78, 5) is 10.3. The smallest absolute Gasteiger partial charge is 0.153 e. The first-order valence-electron chi connectivity index (χ1n) is 3.43.